The van der Waals surface area contributed by atoms with Crippen LogP contribution in [0.2, 0.25) is 0 Å². The Labute approximate surface area is 141 Å². The van der Waals surface area contributed by atoms with Gasteiger partial charge in [-0.1, -0.05) is 25.1 Å². The van der Waals surface area contributed by atoms with Gasteiger partial charge in [0.05, 0.1) is 17.7 Å². The molecule has 1 aromatic heterocycles. The van der Waals surface area contributed by atoms with Crippen molar-refractivity contribution in [3.8, 4) is 5.88 Å². The molecule has 126 valence electrons. The van der Waals surface area contributed by atoms with E-state index in [1.165, 1.54) is 0 Å². The molecule has 2 fully saturated rings. The number of hydrogen-bond donors (Lipinski definition) is 1. The number of aromatic nitrogens is 1. The summed E-state index contributed by atoms with van der Waals surface area (Å²) in [5.74, 6) is 0.592. The molecule has 1 aromatic carbocycles. The lowest BCUT2D eigenvalue weighted by Gasteiger charge is -2.29. The second kappa shape index (κ2) is 5.74. The number of hydrogen-bond acceptors (Lipinski definition) is 4. The van der Waals surface area contributed by atoms with Crippen molar-refractivity contribution in [3.63, 3.8) is 0 Å². The first-order valence-electron chi connectivity index (χ1n) is 8.65. The summed E-state index contributed by atoms with van der Waals surface area (Å²) >= 11 is 0. The van der Waals surface area contributed by atoms with Gasteiger partial charge in [0, 0.05) is 24.4 Å². The second-order valence-electron chi connectivity index (χ2n) is 6.89. The van der Waals surface area contributed by atoms with Crippen molar-refractivity contribution in [2.45, 2.75) is 31.8 Å². The van der Waals surface area contributed by atoms with E-state index >= 15 is 0 Å². The maximum absolute atomic E-state index is 13.0. The van der Waals surface area contributed by atoms with Gasteiger partial charge in [-0.3, -0.25) is 4.79 Å². The van der Waals surface area contributed by atoms with E-state index in [2.05, 4.69) is 4.98 Å². The number of carbonyl (C=O) groups excluding carboxylic acids is 1. The summed E-state index contributed by atoms with van der Waals surface area (Å²) in [6, 6.07) is 9.63. The van der Waals surface area contributed by atoms with Crippen LogP contribution in [0.3, 0.4) is 0 Å². The monoisotopic (exact) mass is 326 g/mol. The van der Waals surface area contributed by atoms with Crippen molar-refractivity contribution in [1.29, 1.82) is 0 Å². The number of ether oxygens (including phenoxy) is 1. The van der Waals surface area contributed by atoms with Crippen molar-refractivity contribution in [1.82, 2.24) is 9.88 Å². The number of rotatable bonds is 4. The molecule has 1 amide bonds. The number of piperidine rings is 1. The largest absolute Gasteiger partial charge is 0.477 e. The van der Waals surface area contributed by atoms with Crippen molar-refractivity contribution < 1.29 is 14.6 Å². The van der Waals surface area contributed by atoms with Crippen LogP contribution in [0.15, 0.2) is 30.3 Å². The average Bonchev–Trinajstić information content (AvgIpc) is 3.29. The summed E-state index contributed by atoms with van der Waals surface area (Å²) in [4.78, 5) is 19.4. The van der Waals surface area contributed by atoms with E-state index in [-0.39, 0.29) is 11.8 Å². The van der Waals surface area contributed by atoms with Gasteiger partial charge in [0.25, 0.3) is 5.91 Å². The summed E-state index contributed by atoms with van der Waals surface area (Å²) in [6.07, 6.45) is 2.34. The smallest absolute Gasteiger partial charge is 0.259 e. The summed E-state index contributed by atoms with van der Waals surface area (Å²) < 4.78 is 5.76. The van der Waals surface area contributed by atoms with Gasteiger partial charge in [-0.05, 0) is 31.4 Å². The van der Waals surface area contributed by atoms with Gasteiger partial charge in [0.1, 0.15) is 5.56 Å². The van der Waals surface area contributed by atoms with Gasteiger partial charge in [0.2, 0.25) is 5.88 Å². The average molecular weight is 326 g/mol. The molecular formula is C19H22N2O3. The molecule has 24 heavy (non-hydrogen) atoms. The third-order valence-corrected chi connectivity index (χ3v) is 5.10. The highest BCUT2D eigenvalue weighted by molar-refractivity contribution is 6.00. The molecule has 1 saturated heterocycles. The molecule has 5 nitrogen and oxygen atoms in total. The summed E-state index contributed by atoms with van der Waals surface area (Å²) in [5, 5.41) is 11.1. The highest BCUT2D eigenvalue weighted by Gasteiger charge is 2.56. The van der Waals surface area contributed by atoms with Gasteiger partial charge >= 0.3 is 0 Å². The van der Waals surface area contributed by atoms with E-state index in [4.69, 9.17) is 4.74 Å². The lowest BCUT2D eigenvalue weighted by molar-refractivity contribution is 0.0479. The van der Waals surface area contributed by atoms with Gasteiger partial charge in [0.15, 0.2) is 0 Å². The number of benzene rings is 1. The fourth-order valence-corrected chi connectivity index (χ4v) is 3.51. The summed E-state index contributed by atoms with van der Waals surface area (Å²) in [6.45, 7) is 3.77. The highest BCUT2D eigenvalue weighted by atomic mass is 16.5. The number of aliphatic hydroxyl groups is 1. The number of pyridine rings is 1. The Kier molecular flexibility index (Phi) is 3.68. The van der Waals surface area contributed by atoms with Gasteiger partial charge in [-0.2, -0.15) is 0 Å². The van der Waals surface area contributed by atoms with Crippen molar-refractivity contribution >= 4 is 16.8 Å². The number of likely N-dealkylation sites (tertiary alicyclic amines) is 1. The first kappa shape index (κ1) is 15.4. The SMILES string of the molecule is CCCOc1nc2ccccc2cc1C(=O)N1CC[C@@]2(O)C[C@H]2C1. The standard InChI is InChI=1S/C19H22N2O3/c1-2-9-24-17-15(10-13-5-3-4-6-16(13)20-17)18(22)21-8-7-19(23)11-14(19)12-21/h3-6,10,14,23H,2,7-9,11-12H2,1H3/t14-,19+/m0/s1. The predicted molar refractivity (Wildman–Crippen MR) is 91.1 cm³/mol. The second-order valence-corrected chi connectivity index (χ2v) is 6.89. The van der Waals surface area contributed by atoms with Gasteiger partial charge < -0.3 is 14.7 Å². The molecule has 2 heterocycles. The zero-order valence-electron chi connectivity index (χ0n) is 13.9. The van der Waals surface area contributed by atoms with Gasteiger partial charge in [-0.25, -0.2) is 4.98 Å². The number of amides is 1. The maximum Gasteiger partial charge on any atom is 0.259 e. The number of carbonyl (C=O) groups is 1. The van der Waals surface area contributed by atoms with Crippen LogP contribution in [-0.4, -0.2) is 46.2 Å². The predicted octanol–water partition coefficient (Wildman–Crippen LogP) is 2.62. The van der Waals surface area contributed by atoms with E-state index in [0.717, 1.165) is 23.7 Å². The molecule has 1 N–H and O–H groups in total. The fraction of sp³-hybridized carbons (Fsp3) is 0.474. The van der Waals surface area contributed by atoms with E-state index in [0.29, 0.717) is 37.6 Å². The first-order chi connectivity index (χ1) is 11.6. The molecule has 0 bridgehead atoms. The minimum Gasteiger partial charge on any atom is -0.477 e. The molecule has 0 spiro atoms. The lowest BCUT2D eigenvalue weighted by atomic mass is 10.1. The third-order valence-electron chi connectivity index (χ3n) is 5.10. The Morgan fingerprint density at radius 2 is 2.29 bits per heavy atom. The van der Waals surface area contributed by atoms with Crippen LogP contribution >= 0.6 is 0 Å². The fourth-order valence-electron chi connectivity index (χ4n) is 3.51. The molecule has 2 aliphatic rings. The van der Waals surface area contributed by atoms with E-state index in [9.17, 15) is 9.90 Å². The Bertz CT molecular complexity index is 791. The Morgan fingerprint density at radius 1 is 1.46 bits per heavy atom. The van der Waals surface area contributed by atoms with E-state index < -0.39 is 5.60 Å². The third kappa shape index (κ3) is 2.63. The lowest BCUT2D eigenvalue weighted by Crippen LogP contribution is -2.41. The molecule has 1 aliphatic heterocycles. The van der Waals surface area contributed by atoms with Crippen LogP contribution in [0.5, 0.6) is 5.88 Å². The van der Waals surface area contributed by atoms with Crippen LogP contribution in [-0.2, 0) is 0 Å². The Morgan fingerprint density at radius 3 is 3.08 bits per heavy atom. The molecule has 1 saturated carbocycles. The minimum atomic E-state index is -0.514. The van der Waals surface area contributed by atoms with E-state index in [1.807, 2.05) is 42.2 Å². The van der Waals surface area contributed by atoms with Crippen LogP contribution in [0.25, 0.3) is 10.9 Å². The van der Waals surface area contributed by atoms with Gasteiger partial charge in [-0.15, -0.1) is 0 Å². The molecule has 0 unspecified atom stereocenters. The van der Waals surface area contributed by atoms with Crippen molar-refractivity contribution in [3.05, 3.63) is 35.9 Å². The topological polar surface area (TPSA) is 62.7 Å². The molecule has 1 aliphatic carbocycles. The van der Waals surface area contributed by atoms with Crippen LogP contribution in [0, 0.1) is 5.92 Å². The molecule has 5 heteroatoms. The molecular weight excluding hydrogens is 304 g/mol. The summed E-state index contributed by atoms with van der Waals surface area (Å²) in [7, 11) is 0. The molecule has 4 rings (SSSR count). The molecule has 2 atom stereocenters. The highest BCUT2D eigenvalue weighted by Crippen LogP contribution is 2.49. The minimum absolute atomic E-state index is 0.0479. The van der Waals surface area contributed by atoms with Crippen molar-refractivity contribution in [2.24, 2.45) is 5.92 Å². The Balaban J connectivity index is 1.66. The number of para-hydroxylation sites is 1. The van der Waals surface area contributed by atoms with Crippen LogP contribution in [0.1, 0.15) is 36.5 Å². The van der Waals surface area contributed by atoms with Crippen molar-refractivity contribution in [2.75, 3.05) is 19.7 Å². The zero-order chi connectivity index (χ0) is 16.7. The normalized spacial score (nSPS) is 25.4. The maximum atomic E-state index is 13.0. The number of fused-ring (bicyclic) bond motifs is 2. The molecule has 2 aromatic rings. The van der Waals surface area contributed by atoms with E-state index in [1.54, 1.807) is 0 Å². The first-order valence-corrected chi connectivity index (χ1v) is 8.65. The van der Waals surface area contributed by atoms with Crippen LogP contribution in [0.4, 0.5) is 0 Å². The summed E-state index contributed by atoms with van der Waals surface area (Å²) in [5.41, 5.74) is 0.837. The Hall–Kier alpha value is -2.14. The quantitative estimate of drug-likeness (QED) is 0.938. The number of nitrogens with zero attached hydrogens (tertiary/aromatic N) is 2. The van der Waals surface area contributed by atoms with Crippen LogP contribution < -0.4 is 4.74 Å². The molecule has 0 radical (unpaired) electrons. The zero-order valence-corrected chi connectivity index (χ0v) is 13.9.